The fraction of sp³-hybridized carbons (Fsp3) is 0.111. The summed E-state index contributed by atoms with van der Waals surface area (Å²) in [6.07, 6.45) is 0. The average molecular weight is 378 g/mol. The maximum absolute atomic E-state index is 12.6. The Balaban J connectivity index is 1.87. The summed E-state index contributed by atoms with van der Waals surface area (Å²) in [6, 6.07) is 14.7. The van der Waals surface area contributed by atoms with Crippen LogP contribution in [0.4, 0.5) is 0 Å². The molecule has 0 unspecified atom stereocenters. The number of sulfonamides is 1. The highest BCUT2D eigenvalue weighted by Crippen LogP contribution is 2.26. The van der Waals surface area contributed by atoms with E-state index >= 15 is 0 Å². The van der Waals surface area contributed by atoms with Crippen LogP contribution in [0.3, 0.4) is 0 Å². The minimum Gasteiger partial charge on any atom is -0.207 e. The summed E-state index contributed by atoms with van der Waals surface area (Å²) in [5.74, 6) is 0. The van der Waals surface area contributed by atoms with Gasteiger partial charge in [-0.3, -0.25) is 0 Å². The van der Waals surface area contributed by atoms with E-state index in [-0.39, 0.29) is 11.4 Å². The molecule has 0 radical (unpaired) electrons. The lowest BCUT2D eigenvalue weighted by molar-refractivity contribution is 0.581. The largest absolute Gasteiger partial charge is 0.241 e. The zero-order chi connectivity index (χ0) is 17.2. The maximum atomic E-state index is 12.6. The highest BCUT2D eigenvalue weighted by atomic mass is 35.5. The Bertz CT molecular complexity index is 951. The van der Waals surface area contributed by atoms with Crippen molar-refractivity contribution in [2.75, 3.05) is 0 Å². The van der Waals surface area contributed by atoms with Gasteiger partial charge in [0.15, 0.2) is 0 Å². The summed E-state index contributed by atoms with van der Waals surface area (Å²) in [5, 5.41) is 4.46. The van der Waals surface area contributed by atoms with E-state index in [1.54, 1.807) is 30.4 Å². The zero-order valence-electron chi connectivity index (χ0n) is 13.0. The molecule has 0 atom stereocenters. The number of halogens is 1. The first-order valence-corrected chi connectivity index (χ1v) is 10.1. The number of aryl methyl sites for hydroxylation is 1. The van der Waals surface area contributed by atoms with Crippen LogP contribution in [0.15, 0.2) is 64.2 Å². The van der Waals surface area contributed by atoms with Gasteiger partial charge in [0.2, 0.25) is 10.0 Å². The molecule has 3 nitrogen and oxygen atoms in total. The van der Waals surface area contributed by atoms with E-state index in [9.17, 15) is 8.42 Å². The van der Waals surface area contributed by atoms with Gasteiger partial charge in [0.05, 0.1) is 4.90 Å². The third-order valence-electron chi connectivity index (χ3n) is 3.74. The minimum absolute atomic E-state index is 0.211. The summed E-state index contributed by atoms with van der Waals surface area (Å²) in [4.78, 5) is 0.211. The Morgan fingerprint density at radius 1 is 1.12 bits per heavy atom. The van der Waals surface area contributed by atoms with Crippen molar-refractivity contribution in [3.05, 3.63) is 75.4 Å². The number of benzene rings is 2. The fourth-order valence-electron chi connectivity index (χ4n) is 2.49. The van der Waals surface area contributed by atoms with Crippen LogP contribution in [0, 0.1) is 6.92 Å². The van der Waals surface area contributed by atoms with Crippen molar-refractivity contribution in [3.8, 4) is 11.1 Å². The van der Waals surface area contributed by atoms with Crippen molar-refractivity contribution in [3.63, 3.8) is 0 Å². The van der Waals surface area contributed by atoms with E-state index in [1.807, 2.05) is 35.7 Å². The second-order valence-corrected chi connectivity index (χ2v) is 8.36. The number of thiophene rings is 1. The normalized spacial score (nSPS) is 11.6. The number of hydrogen-bond donors (Lipinski definition) is 1. The van der Waals surface area contributed by atoms with Crippen molar-refractivity contribution >= 4 is 33.0 Å². The molecule has 0 amide bonds. The monoisotopic (exact) mass is 377 g/mol. The molecule has 0 aliphatic heterocycles. The Hall–Kier alpha value is -1.66. The first-order chi connectivity index (χ1) is 11.5. The number of hydrogen-bond acceptors (Lipinski definition) is 3. The molecule has 1 N–H and O–H groups in total. The van der Waals surface area contributed by atoms with Gasteiger partial charge in [-0.2, -0.15) is 11.3 Å². The number of rotatable bonds is 5. The van der Waals surface area contributed by atoms with E-state index in [1.165, 1.54) is 6.07 Å². The predicted molar refractivity (Wildman–Crippen MR) is 100.0 cm³/mol. The van der Waals surface area contributed by atoms with Crippen LogP contribution in [0.5, 0.6) is 0 Å². The van der Waals surface area contributed by atoms with Crippen LogP contribution in [-0.4, -0.2) is 8.42 Å². The Kier molecular flexibility index (Phi) is 5.06. The minimum atomic E-state index is -3.63. The molecule has 0 spiro atoms. The van der Waals surface area contributed by atoms with Crippen LogP contribution in [0.2, 0.25) is 5.02 Å². The second-order valence-electron chi connectivity index (χ2n) is 5.40. The highest BCUT2D eigenvalue weighted by Gasteiger charge is 2.17. The zero-order valence-corrected chi connectivity index (χ0v) is 15.4. The SMILES string of the molecule is Cc1ccc(Cl)cc1S(=O)(=O)NCc1ccccc1-c1ccsc1. The third kappa shape index (κ3) is 3.70. The smallest absolute Gasteiger partial charge is 0.207 e. The van der Waals surface area contributed by atoms with Gasteiger partial charge in [0, 0.05) is 11.6 Å². The molecule has 24 heavy (non-hydrogen) atoms. The highest BCUT2D eigenvalue weighted by molar-refractivity contribution is 7.89. The van der Waals surface area contributed by atoms with E-state index in [2.05, 4.69) is 10.1 Å². The molecule has 0 aliphatic rings. The average Bonchev–Trinajstić information content (AvgIpc) is 3.10. The van der Waals surface area contributed by atoms with Crippen molar-refractivity contribution in [2.45, 2.75) is 18.4 Å². The van der Waals surface area contributed by atoms with E-state index in [4.69, 9.17) is 11.6 Å². The van der Waals surface area contributed by atoms with E-state index < -0.39 is 10.0 Å². The quantitative estimate of drug-likeness (QED) is 0.690. The second kappa shape index (κ2) is 7.07. The molecule has 0 fully saturated rings. The number of nitrogens with one attached hydrogen (secondary N) is 1. The van der Waals surface area contributed by atoms with Crippen LogP contribution >= 0.6 is 22.9 Å². The van der Waals surface area contributed by atoms with Gasteiger partial charge < -0.3 is 0 Å². The molecule has 0 saturated carbocycles. The van der Waals surface area contributed by atoms with Crippen molar-refractivity contribution in [1.29, 1.82) is 0 Å². The Labute approximate surface area is 151 Å². The van der Waals surface area contributed by atoms with Crippen LogP contribution < -0.4 is 4.72 Å². The molecule has 1 heterocycles. The van der Waals surface area contributed by atoms with Crippen LogP contribution in [0.25, 0.3) is 11.1 Å². The molecule has 0 bridgehead atoms. The summed E-state index contributed by atoms with van der Waals surface area (Å²) >= 11 is 7.56. The lowest BCUT2D eigenvalue weighted by Crippen LogP contribution is -2.24. The van der Waals surface area contributed by atoms with E-state index in [0.717, 1.165) is 16.7 Å². The topological polar surface area (TPSA) is 46.2 Å². The van der Waals surface area contributed by atoms with Crippen molar-refractivity contribution in [1.82, 2.24) is 4.72 Å². The van der Waals surface area contributed by atoms with Crippen molar-refractivity contribution < 1.29 is 8.42 Å². The summed E-state index contributed by atoms with van der Waals surface area (Å²) in [5.41, 5.74) is 3.72. The van der Waals surface area contributed by atoms with Gasteiger partial charge in [-0.05, 0) is 58.1 Å². The lowest BCUT2D eigenvalue weighted by atomic mass is 10.0. The fourth-order valence-corrected chi connectivity index (χ4v) is 4.66. The molecule has 2 aromatic carbocycles. The van der Waals surface area contributed by atoms with Crippen LogP contribution in [0.1, 0.15) is 11.1 Å². The van der Waals surface area contributed by atoms with Crippen molar-refractivity contribution in [2.24, 2.45) is 0 Å². The van der Waals surface area contributed by atoms with Gasteiger partial charge in [0.25, 0.3) is 0 Å². The first kappa shape index (κ1) is 17.2. The first-order valence-electron chi connectivity index (χ1n) is 7.34. The molecule has 3 aromatic rings. The Morgan fingerprint density at radius 2 is 1.92 bits per heavy atom. The van der Waals surface area contributed by atoms with E-state index in [0.29, 0.717) is 10.6 Å². The molecular weight excluding hydrogens is 362 g/mol. The maximum Gasteiger partial charge on any atom is 0.241 e. The van der Waals surface area contributed by atoms with Gasteiger partial charge in [-0.1, -0.05) is 41.9 Å². The summed E-state index contributed by atoms with van der Waals surface area (Å²) in [6.45, 7) is 1.98. The van der Waals surface area contributed by atoms with Crippen LogP contribution in [-0.2, 0) is 16.6 Å². The molecule has 6 heteroatoms. The standard InChI is InChI=1S/C18H16ClNO2S2/c1-13-6-7-16(19)10-18(13)24(21,22)20-11-14-4-2-3-5-17(14)15-8-9-23-12-15/h2-10,12,20H,11H2,1H3. The molecule has 1 aromatic heterocycles. The van der Waals surface area contributed by atoms with Gasteiger partial charge in [0.1, 0.15) is 0 Å². The predicted octanol–water partition coefficient (Wildman–Crippen LogP) is 4.86. The molecular formula is C18H16ClNO2S2. The Morgan fingerprint density at radius 3 is 2.67 bits per heavy atom. The lowest BCUT2D eigenvalue weighted by Gasteiger charge is -2.12. The summed E-state index contributed by atoms with van der Waals surface area (Å²) < 4.78 is 27.9. The van der Waals surface area contributed by atoms with Gasteiger partial charge >= 0.3 is 0 Å². The molecule has 0 saturated heterocycles. The van der Waals surface area contributed by atoms with Gasteiger partial charge in [-0.25, -0.2) is 13.1 Å². The molecule has 3 rings (SSSR count). The molecule has 0 aliphatic carbocycles. The van der Waals surface area contributed by atoms with Gasteiger partial charge in [-0.15, -0.1) is 0 Å². The molecule has 124 valence electrons. The third-order valence-corrected chi connectivity index (χ3v) is 6.20. The summed E-state index contributed by atoms with van der Waals surface area (Å²) in [7, 11) is -3.63.